The standard InChI is InChI=1S/C20H20ClFN6S/c1-13-10-14(2)28(25-13)9-6-15-11-23-20(29-15)24-19-7-8-27(26-19)12-16-17(21)4-3-5-18(16)22/h3-5,7-8,10-11H,6,9,12H2,1-2H3,(H,23,24,26). The molecule has 1 aromatic carbocycles. The zero-order valence-electron chi connectivity index (χ0n) is 16.1. The SMILES string of the molecule is Cc1cc(C)n(CCc2cnc(Nc3ccn(Cc4c(F)cccc4Cl)n3)s2)n1. The second-order valence-electron chi connectivity index (χ2n) is 6.76. The molecule has 0 unspecified atom stereocenters. The number of anilines is 2. The minimum atomic E-state index is -0.338. The van der Waals surface area contributed by atoms with Crippen molar-refractivity contribution in [1.29, 1.82) is 0 Å². The zero-order valence-corrected chi connectivity index (χ0v) is 17.6. The Bertz CT molecular complexity index is 1110. The monoisotopic (exact) mass is 430 g/mol. The Morgan fingerprint density at radius 2 is 2.07 bits per heavy atom. The third-order valence-electron chi connectivity index (χ3n) is 4.48. The van der Waals surface area contributed by atoms with E-state index in [0.717, 1.165) is 34.4 Å². The fourth-order valence-electron chi connectivity index (χ4n) is 3.07. The summed E-state index contributed by atoms with van der Waals surface area (Å²) in [7, 11) is 0. The van der Waals surface area contributed by atoms with E-state index in [4.69, 9.17) is 11.6 Å². The summed E-state index contributed by atoms with van der Waals surface area (Å²) >= 11 is 7.68. The van der Waals surface area contributed by atoms with Crippen LogP contribution < -0.4 is 5.32 Å². The molecular formula is C20H20ClFN6S. The van der Waals surface area contributed by atoms with Crippen LogP contribution in [0.3, 0.4) is 0 Å². The quantitative estimate of drug-likeness (QED) is 0.449. The zero-order chi connectivity index (χ0) is 20.4. The molecule has 0 aliphatic rings. The highest BCUT2D eigenvalue weighted by Crippen LogP contribution is 2.24. The van der Waals surface area contributed by atoms with E-state index in [-0.39, 0.29) is 12.4 Å². The molecule has 4 aromatic rings. The van der Waals surface area contributed by atoms with Gasteiger partial charge in [-0.05, 0) is 32.0 Å². The van der Waals surface area contributed by atoms with Crippen LogP contribution in [0.15, 0.2) is 42.7 Å². The number of thiazole rings is 1. The average Bonchev–Trinajstić information content (AvgIpc) is 3.38. The van der Waals surface area contributed by atoms with Crippen LogP contribution in [0.5, 0.6) is 0 Å². The molecule has 9 heteroatoms. The maximum absolute atomic E-state index is 14.0. The Hall–Kier alpha value is -2.71. The smallest absolute Gasteiger partial charge is 0.188 e. The first-order chi connectivity index (χ1) is 14.0. The molecule has 3 heterocycles. The Morgan fingerprint density at radius 1 is 1.21 bits per heavy atom. The highest BCUT2D eigenvalue weighted by molar-refractivity contribution is 7.15. The highest BCUT2D eigenvalue weighted by Gasteiger charge is 2.10. The van der Waals surface area contributed by atoms with Crippen LogP contribution in [0, 0.1) is 19.7 Å². The van der Waals surface area contributed by atoms with Crippen molar-refractivity contribution in [2.45, 2.75) is 33.4 Å². The van der Waals surface area contributed by atoms with Crippen molar-refractivity contribution in [1.82, 2.24) is 24.5 Å². The van der Waals surface area contributed by atoms with Gasteiger partial charge >= 0.3 is 0 Å². The molecule has 3 aromatic heterocycles. The molecule has 0 saturated heterocycles. The van der Waals surface area contributed by atoms with Crippen LogP contribution in [0.1, 0.15) is 21.8 Å². The maximum Gasteiger partial charge on any atom is 0.188 e. The normalized spacial score (nSPS) is 11.2. The van der Waals surface area contributed by atoms with Gasteiger partial charge < -0.3 is 5.32 Å². The predicted octanol–water partition coefficient (Wildman–Crippen LogP) is 4.98. The van der Waals surface area contributed by atoms with Gasteiger partial charge in [0.25, 0.3) is 0 Å². The number of aromatic nitrogens is 5. The van der Waals surface area contributed by atoms with Gasteiger partial charge in [0, 0.05) is 52.6 Å². The molecule has 1 N–H and O–H groups in total. The summed E-state index contributed by atoms with van der Waals surface area (Å²) in [4.78, 5) is 5.58. The van der Waals surface area contributed by atoms with Crippen molar-refractivity contribution in [3.63, 3.8) is 0 Å². The summed E-state index contributed by atoms with van der Waals surface area (Å²) in [5.74, 6) is 0.312. The first-order valence-corrected chi connectivity index (χ1v) is 10.4. The lowest BCUT2D eigenvalue weighted by Gasteiger charge is -2.06. The van der Waals surface area contributed by atoms with Gasteiger partial charge in [0.2, 0.25) is 0 Å². The summed E-state index contributed by atoms with van der Waals surface area (Å²) in [5, 5.41) is 13.3. The molecular weight excluding hydrogens is 411 g/mol. The van der Waals surface area contributed by atoms with Crippen LogP contribution in [-0.2, 0) is 19.5 Å². The van der Waals surface area contributed by atoms with Gasteiger partial charge in [-0.15, -0.1) is 11.3 Å². The van der Waals surface area contributed by atoms with E-state index in [1.54, 1.807) is 34.3 Å². The summed E-state index contributed by atoms with van der Waals surface area (Å²) in [5.41, 5.74) is 2.61. The van der Waals surface area contributed by atoms with Crippen molar-refractivity contribution < 1.29 is 4.39 Å². The topological polar surface area (TPSA) is 60.6 Å². The summed E-state index contributed by atoms with van der Waals surface area (Å²) in [6.07, 6.45) is 4.51. The van der Waals surface area contributed by atoms with Gasteiger partial charge in [0.1, 0.15) is 5.82 Å². The fraction of sp³-hybridized carbons (Fsp3) is 0.250. The minimum Gasteiger partial charge on any atom is -0.315 e. The molecule has 4 rings (SSSR count). The van der Waals surface area contributed by atoms with Crippen molar-refractivity contribution >= 4 is 33.9 Å². The fourth-order valence-corrected chi connectivity index (χ4v) is 4.10. The lowest BCUT2D eigenvalue weighted by atomic mass is 10.2. The third kappa shape index (κ3) is 4.65. The molecule has 0 fully saturated rings. The summed E-state index contributed by atoms with van der Waals surface area (Å²) < 4.78 is 17.6. The van der Waals surface area contributed by atoms with E-state index < -0.39 is 0 Å². The van der Waals surface area contributed by atoms with E-state index in [1.807, 2.05) is 23.9 Å². The number of aryl methyl sites for hydroxylation is 4. The summed E-state index contributed by atoms with van der Waals surface area (Å²) in [6.45, 7) is 5.14. The van der Waals surface area contributed by atoms with Crippen LogP contribution in [0.4, 0.5) is 15.3 Å². The number of nitrogens with zero attached hydrogens (tertiary/aromatic N) is 5. The number of nitrogens with one attached hydrogen (secondary N) is 1. The van der Waals surface area contributed by atoms with Crippen LogP contribution in [-0.4, -0.2) is 24.5 Å². The molecule has 6 nitrogen and oxygen atoms in total. The van der Waals surface area contributed by atoms with Gasteiger partial charge in [-0.2, -0.15) is 10.2 Å². The highest BCUT2D eigenvalue weighted by atomic mass is 35.5. The largest absolute Gasteiger partial charge is 0.315 e. The number of halogens is 2. The molecule has 0 amide bonds. The molecule has 0 atom stereocenters. The van der Waals surface area contributed by atoms with Crippen molar-refractivity contribution in [2.24, 2.45) is 0 Å². The Balaban J connectivity index is 1.37. The minimum absolute atomic E-state index is 0.263. The molecule has 29 heavy (non-hydrogen) atoms. The molecule has 0 spiro atoms. The third-order valence-corrected chi connectivity index (χ3v) is 5.81. The van der Waals surface area contributed by atoms with E-state index >= 15 is 0 Å². The van der Waals surface area contributed by atoms with E-state index in [0.29, 0.717) is 16.4 Å². The second-order valence-corrected chi connectivity index (χ2v) is 8.28. The van der Waals surface area contributed by atoms with Crippen molar-refractivity contribution in [3.8, 4) is 0 Å². The molecule has 0 radical (unpaired) electrons. The first kappa shape index (κ1) is 19.6. The lowest BCUT2D eigenvalue weighted by molar-refractivity contribution is 0.586. The Kier molecular flexibility index (Phi) is 5.64. The van der Waals surface area contributed by atoms with Gasteiger partial charge in [-0.25, -0.2) is 9.37 Å². The Morgan fingerprint density at radius 3 is 2.83 bits per heavy atom. The predicted molar refractivity (Wildman–Crippen MR) is 114 cm³/mol. The lowest BCUT2D eigenvalue weighted by Crippen LogP contribution is -2.04. The van der Waals surface area contributed by atoms with E-state index in [9.17, 15) is 4.39 Å². The maximum atomic E-state index is 14.0. The van der Waals surface area contributed by atoms with Crippen molar-refractivity contribution in [3.05, 3.63) is 75.4 Å². The van der Waals surface area contributed by atoms with Gasteiger partial charge in [0.15, 0.2) is 10.9 Å². The van der Waals surface area contributed by atoms with Gasteiger partial charge in [0.05, 0.1) is 12.2 Å². The van der Waals surface area contributed by atoms with Crippen LogP contribution in [0.25, 0.3) is 0 Å². The number of hydrogen-bond acceptors (Lipinski definition) is 5. The van der Waals surface area contributed by atoms with E-state index in [2.05, 4.69) is 33.5 Å². The summed E-state index contributed by atoms with van der Waals surface area (Å²) in [6, 6.07) is 8.56. The molecule has 0 bridgehead atoms. The van der Waals surface area contributed by atoms with E-state index in [1.165, 1.54) is 6.07 Å². The molecule has 0 saturated carbocycles. The van der Waals surface area contributed by atoms with Crippen LogP contribution >= 0.6 is 22.9 Å². The molecule has 0 aliphatic heterocycles. The number of hydrogen-bond donors (Lipinski definition) is 1. The van der Waals surface area contributed by atoms with Gasteiger partial charge in [-0.1, -0.05) is 17.7 Å². The number of benzene rings is 1. The number of rotatable bonds is 7. The Labute approximate surface area is 177 Å². The molecule has 0 aliphatic carbocycles. The first-order valence-electron chi connectivity index (χ1n) is 9.17. The van der Waals surface area contributed by atoms with Crippen molar-refractivity contribution in [2.75, 3.05) is 5.32 Å². The van der Waals surface area contributed by atoms with Crippen LogP contribution in [0.2, 0.25) is 5.02 Å². The molecule has 150 valence electrons. The second kappa shape index (κ2) is 8.34. The average molecular weight is 431 g/mol. The van der Waals surface area contributed by atoms with Gasteiger partial charge in [-0.3, -0.25) is 9.36 Å².